The Kier molecular flexibility index (Phi) is 29.0. The second-order valence-corrected chi connectivity index (χ2v) is 10.4. The van der Waals surface area contributed by atoms with Crippen LogP contribution in [0.3, 0.4) is 0 Å². The Labute approximate surface area is 333 Å². The zero-order chi connectivity index (χ0) is 37.1. The third kappa shape index (κ3) is 28.1. The van der Waals surface area contributed by atoms with Gasteiger partial charge in [-0.3, -0.25) is 0 Å². The fourth-order valence-corrected chi connectivity index (χ4v) is 3.94. The van der Waals surface area contributed by atoms with E-state index in [1.165, 1.54) is 17.2 Å². The molecule has 0 aliphatic rings. The summed E-state index contributed by atoms with van der Waals surface area (Å²) in [6.45, 7) is 7.57. The van der Waals surface area contributed by atoms with Crippen LogP contribution in [0.15, 0.2) is 47.4 Å². The first kappa shape index (κ1) is 46.4. The van der Waals surface area contributed by atoms with Crippen molar-refractivity contribution in [2.24, 2.45) is 5.41 Å². The summed E-state index contributed by atoms with van der Waals surface area (Å²) < 4.78 is 23.0. The van der Waals surface area contributed by atoms with Gasteiger partial charge in [-0.15, -0.1) is 18.2 Å². The average Bonchev–Trinajstić information content (AvgIpc) is 3.09. The molecule has 2 rings (SSSR count). The van der Waals surface area contributed by atoms with Crippen LogP contribution in [0.1, 0.15) is 57.4 Å². The van der Waals surface area contributed by atoms with Crippen LogP contribution in [0.4, 0.5) is 8.92 Å². The first-order valence-corrected chi connectivity index (χ1v) is 14.9. The van der Waals surface area contributed by atoms with Crippen molar-refractivity contribution in [3.05, 3.63) is 65.0 Å². The number of hydrogen-bond donors (Lipinski definition) is 1. The molecule has 0 aromatic heterocycles. The molecule has 0 unspecified atom stereocenters. The van der Waals surface area contributed by atoms with Gasteiger partial charge in [0.05, 0.1) is 0 Å². The van der Waals surface area contributed by atoms with E-state index in [1.807, 2.05) is 26.0 Å². The number of aldehydes is 1. The van der Waals surface area contributed by atoms with Crippen molar-refractivity contribution in [3.8, 4) is 143 Å². The molecule has 0 atom stereocenters. The molecule has 0 amide bonds. The summed E-state index contributed by atoms with van der Waals surface area (Å²) in [5.41, 5.74) is 2.96. The van der Waals surface area contributed by atoms with E-state index >= 15 is 0 Å². The SMILES string of the molecule is C#CC#CC#CC#CC#CC#CC#CC#CC#CC#CC#CC#CC.Cc1cccc(Cc2cc(F)ccc2SCC(C)(C)C=O)c1.OOF.S.[HH].[HH].[HH].[HH].[HH].[HH].[HH].[HH].[HH].[HH].[HH].[HH].[HH].[HH]. The van der Waals surface area contributed by atoms with Crippen LogP contribution >= 0.6 is 25.3 Å². The lowest BCUT2D eigenvalue weighted by Crippen LogP contribution is -2.16. The Bertz CT molecular complexity index is 2300. The number of thioether (sulfide) groups is 1. The van der Waals surface area contributed by atoms with Crippen molar-refractivity contribution >= 4 is 31.5 Å². The van der Waals surface area contributed by atoms with Crippen LogP contribution in [-0.4, -0.2) is 17.3 Å². The number of carbonyl (C=O) groups is 1. The summed E-state index contributed by atoms with van der Waals surface area (Å²) in [4.78, 5) is 12.1. The molecule has 0 saturated carbocycles. The lowest BCUT2D eigenvalue weighted by molar-refractivity contribution is -0.397. The van der Waals surface area contributed by atoms with Crippen molar-refractivity contribution in [3.63, 3.8) is 0 Å². The van der Waals surface area contributed by atoms with Gasteiger partial charge in [0.2, 0.25) is 0 Å². The fraction of sp³-hybridized carbons (Fsp3) is 0.159. The quantitative estimate of drug-likeness (QED) is 0.106. The molecule has 0 bridgehead atoms. The molecule has 0 saturated heterocycles. The van der Waals surface area contributed by atoms with Crippen molar-refractivity contribution in [2.75, 3.05) is 5.75 Å². The number of carbonyl (C=O) groups excluding carboxylic acids is 1. The molecule has 0 aliphatic carbocycles. The highest BCUT2D eigenvalue weighted by Gasteiger charge is 2.18. The van der Waals surface area contributed by atoms with Gasteiger partial charge in [-0.2, -0.15) is 13.5 Å². The molecule has 2 aromatic carbocycles. The molecule has 3 nitrogen and oxygen atoms in total. The Balaban J connectivity index is -0.0000000408. The van der Waals surface area contributed by atoms with E-state index in [0.717, 1.165) is 16.7 Å². The number of rotatable bonds is 6. The third-order valence-corrected chi connectivity index (χ3v) is 6.46. The molecule has 276 valence electrons. The van der Waals surface area contributed by atoms with Crippen LogP contribution in [-0.2, 0) is 16.3 Å². The summed E-state index contributed by atoms with van der Waals surface area (Å²) in [6, 6.07) is 13.1. The summed E-state index contributed by atoms with van der Waals surface area (Å²) in [5.74, 6) is 57.4. The van der Waals surface area contributed by atoms with Gasteiger partial charge < -0.3 is 4.79 Å². The maximum absolute atomic E-state index is 13.6. The van der Waals surface area contributed by atoms with Crippen LogP contribution < -0.4 is 0 Å². The predicted molar refractivity (Wildman–Crippen MR) is 236 cm³/mol. The molecule has 0 heterocycles. The standard InChI is InChI=1S/C25H4.C19H21FOS.FHO2.H2S.14H2/c1-3-5-7-9-11-13-15-17-19-21-23-25-24-22-20-18-16-14-12-10-8-6-4-2;1-14-5-4-6-15(9-14)10-16-11-17(20)7-8-18(16)22-13-19(2,3)12-21;1-3-2;;;;;;;;;;;;;;;/h1H,2H3;4-9,11-12H,10,13H2,1-3H3;2H;1H2;14*1H. The zero-order valence-electron chi connectivity index (χ0n) is 28.0. The Morgan fingerprint density at radius 2 is 1.22 bits per heavy atom. The van der Waals surface area contributed by atoms with Crippen molar-refractivity contribution in [1.82, 2.24) is 0 Å². The monoisotopic (exact) mass is 734 g/mol. The average molecular weight is 735 g/mol. The molecular weight excluding hydrogens is 679 g/mol. The predicted octanol–water partition coefficient (Wildman–Crippen LogP) is 9.64. The van der Waals surface area contributed by atoms with E-state index < -0.39 is 0 Å². The highest BCUT2D eigenvalue weighted by Crippen LogP contribution is 2.30. The molecule has 2 aromatic rings. The molecule has 0 spiro atoms. The molecule has 0 aliphatic heterocycles. The minimum atomic E-state index is -0.375. The highest BCUT2D eigenvalue weighted by molar-refractivity contribution is 7.99. The highest BCUT2D eigenvalue weighted by atomic mass is 32.2. The lowest BCUT2D eigenvalue weighted by atomic mass is 10.00. The Morgan fingerprint density at radius 1 is 0.784 bits per heavy atom. The molecule has 0 radical (unpaired) electrons. The maximum atomic E-state index is 13.6. The van der Waals surface area contributed by atoms with Gasteiger partial charge in [0.1, 0.15) is 12.1 Å². The van der Waals surface area contributed by atoms with E-state index in [2.05, 4.69) is 161 Å². The molecular formula is C44H56F2O3S2. The minimum Gasteiger partial charge on any atom is -0.303 e. The second-order valence-electron chi connectivity index (χ2n) is 9.40. The van der Waals surface area contributed by atoms with E-state index in [9.17, 15) is 13.7 Å². The lowest BCUT2D eigenvalue weighted by Gasteiger charge is -2.17. The van der Waals surface area contributed by atoms with E-state index in [-0.39, 0.29) is 44.7 Å². The van der Waals surface area contributed by atoms with Crippen molar-refractivity contribution < 1.29 is 44.0 Å². The fourth-order valence-electron chi connectivity index (χ4n) is 2.86. The third-order valence-electron chi connectivity index (χ3n) is 4.87. The number of halogens is 2. The minimum absolute atomic E-state index is 0. The largest absolute Gasteiger partial charge is 0.303 e. The van der Waals surface area contributed by atoms with Gasteiger partial charge in [-0.25, -0.2) is 9.65 Å². The van der Waals surface area contributed by atoms with Crippen LogP contribution in [0.5, 0.6) is 0 Å². The first-order chi connectivity index (χ1) is 24.2. The van der Waals surface area contributed by atoms with Gasteiger partial charge >= 0.3 is 0 Å². The van der Waals surface area contributed by atoms with Gasteiger partial charge in [-0.05, 0) is 154 Å². The van der Waals surface area contributed by atoms with E-state index in [1.54, 1.807) is 29.8 Å². The maximum Gasteiger partial charge on any atom is 0.126 e. The van der Waals surface area contributed by atoms with Gasteiger partial charge in [0.15, 0.2) is 0 Å². The smallest absolute Gasteiger partial charge is 0.126 e. The van der Waals surface area contributed by atoms with Crippen molar-refractivity contribution in [1.29, 1.82) is 0 Å². The Morgan fingerprint density at radius 3 is 1.61 bits per heavy atom. The molecule has 0 fully saturated rings. The summed E-state index contributed by atoms with van der Waals surface area (Å²) >= 11 is 1.61. The van der Waals surface area contributed by atoms with Gasteiger partial charge in [0, 0.05) is 71.6 Å². The van der Waals surface area contributed by atoms with E-state index in [4.69, 9.17) is 11.7 Å². The molecule has 51 heavy (non-hydrogen) atoms. The normalized spacial score (nSPS) is 7.18. The number of terminal acetylenes is 1. The summed E-state index contributed by atoms with van der Waals surface area (Å²) in [5, 5.41) is 8.15. The van der Waals surface area contributed by atoms with E-state index in [0.29, 0.717) is 12.2 Å². The van der Waals surface area contributed by atoms with Crippen LogP contribution in [0, 0.1) is 161 Å². The van der Waals surface area contributed by atoms with Crippen molar-refractivity contribution in [2.45, 2.75) is 39.0 Å². The first-order valence-electron chi connectivity index (χ1n) is 14.0. The van der Waals surface area contributed by atoms with Crippen LogP contribution in [0.2, 0.25) is 0 Å². The summed E-state index contributed by atoms with van der Waals surface area (Å²) in [7, 11) is 0. The van der Waals surface area contributed by atoms with Gasteiger partial charge in [-0.1, -0.05) is 49.6 Å². The number of benzene rings is 2. The van der Waals surface area contributed by atoms with Crippen LogP contribution in [0.25, 0.3) is 0 Å². The van der Waals surface area contributed by atoms with Gasteiger partial charge in [0.25, 0.3) is 0 Å². The zero-order valence-corrected chi connectivity index (χ0v) is 29.9. The topological polar surface area (TPSA) is 46.5 Å². The molecule has 1 N–H and O–H groups in total. The Hall–Kier alpha value is -6.69. The number of hydrogen-bond acceptors (Lipinski definition) is 4. The second kappa shape index (κ2) is 31.9. The summed E-state index contributed by atoms with van der Waals surface area (Å²) in [6.07, 6.45) is 6.58. The number of aryl methyl sites for hydroxylation is 1. The molecule has 7 heteroatoms.